The van der Waals surface area contributed by atoms with Crippen molar-refractivity contribution in [2.45, 2.75) is 32.1 Å². The van der Waals surface area contributed by atoms with Gasteiger partial charge < -0.3 is 10.3 Å². The SMILES string of the molecule is CC1(C)CC(=O)Cc2noc(N)c21. The molecule has 4 heteroatoms. The van der Waals surface area contributed by atoms with Gasteiger partial charge in [-0.1, -0.05) is 19.0 Å². The molecule has 4 nitrogen and oxygen atoms in total. The number of nitrogens with zero attached hydrogens (tertiary/aromatic N) is 1. The fraction of sp³-hybridized carbons (Fsp3) is 0.556. The smallest absolute Gasteiger partial charge is 0.226 e. The average molecular weight is 180 g/mol. The maximum Gasteiger partial charge on any atom is 0.226 e. The van der Waals surface area contributed by atoms with E-state index in [1.807, 2.05) is 13.8 Å². The largest absolute Gasteiger partial charge is 0.367 e. The predicted molar refractivity (Wildman–Crippen MR) is 47.3 cm³/mol. The first-order valence-corrected chi connectivity index (χ1v) is 4.27. The Morgan fingerprint density at radius 2 is 2.23 bits per heavy atom. The molecule has 1 aromatic heterocycles. The van der Waals surface area contributed by atoms with Crippen molar-refractivity contribution in [3.05, 3.63) is 11.3 Å². The molecule has 0 saturated heterocycles. The van der Waals surface area contributed by atoms with Gasteiger partial charge in [0, 0.05) is 17.4 Å². The van der Waals surface area contributed by atoms with Crippen molar-refractivity contribution in [3.8, 4) is 0 Å². The summed E-state index contributed by atoms with van der Waals surface area (Å²) in [5.41, 5.74) is 7.03. The van der Waals surface area contributed by atoms with Crippen molar-refractivity contribution in [2.75, 3.05) is 5.73 Å². The van der Waals surface area contributed by atoms with E-state index in [0.717, 1.165) is 5.56 Å². The molecule has 0 amide bonds. The molecule has 0 bridgehead atoms. The second kappa shape index (κ2) is 2.34. The number of aromatic nitrogens is 1. The monoisotopic (exact) mass is 180 g/mol. The fourth-order valence-electron chi connectivity index (χ4n) is 2.01. The Kier molecular flexibility index (Phi) is 1.49. The van der Waals surface area contributed by atoms with Gasteiger partial charge in [-0.2, -0.15) is 0 Å². The van der Waals surface area contributed by atoms with Gasteiger partial charge in [0.25, 0.3) is 0 Å². The summed E-state index contributed by atoms with van der Waals surface area (Å²) in [4.78, 5) is 11.3. The number of carbonyl (C=O) groups is 1. The van der Waals surface area contributed by atoms with E-state index in [9.17, 15) is 4.79 Å². The summed E-state index contributed by atoms with van der Waals surface area (Å²) in [5.74, 6) is 0.554. The second-order valence-corrected chi connectivity index (χ2v) is 4.14. The van der Waals surface area contributed by atoms with Gasteiger partial charge in [0.15, 0.2) is 0 Å². The lowest BCUT2D eigenvalue weighted by atomic mass is 9.74. The number of hydrogen-bond acceptors (Lipinski definition) is 4. The molecule has 0 aliphatic heterocycles. The zero-order valence-corrected chi connectivity index (χ0v) is 7.76. The number of carbonyl (C=O) groups excluding carboxylic acids is 1. The van der Waals surface area contributed by atoms with Crippen molar-refractivity contribution >= 4 is 11.7 Å². The van der Waals surface area contributed by atoms with Crippen molar-refractivity contribution in [1.82, 2.24) is 5.16 Å². The first-order chi connectivity index (χ1) is 6.00. The van der Waals surface area contributed by atoms with Crippen LogP contribution in [0.5, 0.6) is 0 Å². The zero-order chi connectivity index (χ0) is 9.64. The minimum Gasteiger partial charge on any atom is -0.367 e. The molecule has 1 aliphatic rings. The van der Waals surface area contributed by atoms with Gasteiger partial charge in [0.2, 0.25) is 5.88 Å². The summed E-state index contributed by atoms with van der Waals surface area (Å²) < 4.78 is 4.88. The van der Waals surface area contributed by atoms with E-state index in [-0.39, 0.29) is 11.2 Å². The van der Waals surface area contributed by atoms with Crippen molar-refractivity contribution in [2.24, 2.45) is 0 Å². The Hall–Kier alpha value is -1.32. The van der Waals surface area contributed by atoms with E-state index in [1.54, 1.807) is 0 Å². The topological polar surface area (TPSA) is 69.1 Å². The lowest BCUT2D eigenvalue weighted by molar-refractivity contribution is -0.120. The highest BCUT2D eigenvalue weighted by Crippen LogP contribution is 2.38. The summed E-state index contributed by atoms with van der Waals surface area (Å²) in [6.45, 7) is 3.97. The molecular formula is C9H12N2O2. The van der Waals surface area contributed by atoms with Gasteiger partial charge in [-0.3, -0.25) is 4.79 Å². The van der Waals surface area contributed by atoms with E-state index < -0.39 is 0 Å². The highest BCUT2D eigenvalue weighted by Gasteiger charge is 2.37. The van der Waals surface area contributed by atoms with Crippen LogP contribution < -0.4 is 5.73 Å². The first-order valence-electron chi connectivity index (χ1n) is 4.27. The van der Waals surface area contributed by atoms with Gasteiger partial charge in [0.05, 0.1) is 12.1 Å². The van der Waals surface area contributed by atoms with Crippen LogP contribution in [0.25, 0.3) is 0 Å². The number of hydrogen-bond donors (Lipinski definition) is 1. The second-order valence-electron chi connectivity index (χ2n) is 4.14. The number of ketones is 1. The number of Topliss-reactive ketones (excluding diaryl/α,β-unsaturated/α-hetero) is 1. The van der Waals surface area contributed by atoms with Crippen molar-refractivity contribution < 1.29 is 9.32 Å². The normalized spacial score (nSPS) is 20.0. The highest BCUT2D eigenvalue weighted by molar-refractivity contribution is 5.85. The maximum absolute atomic E-state index is 11.3. The van der Waals surface area contributed by atoms with Gasteiger partial charge in [-0.05, 0) is 0 Å². The van der Waals surface area contributed by atoms with Gasteiger partial charge in [-0.25, -0.2) is 0 Å². The van der Waals surface area contributed by atoms with Crippen LogP contribution in [0.4, 0.5) is 5.88 Å². The summed E-state index contributed by atoms with van der Waals surface area (Å²) in [7, 11) is 0. The average Bonchev–Trinajstić information content (AvgIpc) is 2.29. The molecule has 1 aromatic rings. The minimum absolute atomic E-state index is 0.200. The molecular weight excluding hydrogens is 168 g/mol. The minimum atomic E-state index is -0.227. The summed E-state index contributed by atoms with van der Waals surface area (Å²) in [6, 6.07) is 0. The molecule has 1 heterocycles. The number of nitrogens with two attached hydrogens (primary N) is 1. The molecule has 2 rings (SSSR count). The summed E-state index contributed by atoms with van der Waals surface area (Å²) in [6.07, 6.45) is 0.880. The summed E-state index contributed by atoms with van der Waals surface area (Å²) >= 11 is 0. The Balaban J connectivity index is 2.59. The van der Waals surface area contributed by atoms with Crippen LogP contribution in [0.15, 0.2) is 4.52 Å². The van der Waals surface area contributed by atoms with Crippen LogP contribution in [-0.2, 0) is 16.6 Å². The number of nitrogen functional groups attached to an aromatic ring is 1. The lowest BCUT2D eigenvalue weighted by Crippen LogP contribution is -2.29. The number of anilines is 1. The standard InChI is InChI=1S/C9H12N2O2/c1-9(2)4-5(12)3-6-7(9)8(10)13-11-6/h3-4,10H2,1-2H3. The van der Waals surface area contributed by atoms with Gasteiger partial charge in [-0.15, -0.1) is 0 Å². The van der Waals surface area contributed by atoms with Gasteiger partial charge >= 0.3 is 0 Å². The third kappa shape index (κ3) is 1.13. The highest BCUT2D eigenvalue weighted by atomic mass is 16.5. The van der Waals surface area contributed by atoms with E-state index in [0.29, 0.717) is 24.4 Å². The van der Waals surface area contributed by atoms with Crippen LogP contribution in [0.2, 0.25) is 0 Å². The third-order valence-corrected chi connectivity index (χ3v) is 2.47. The predicted octanol–water partition coefficient (Wildman–Crippen LogP) is 1.05. The number of rotatable bonds is 0. The molecule has 0 spiro atoms. The fourth-order valence-corrected chi connectivity index (χ4v) is 2.01. The Morgan fingerprint density at radius 3 is 2.92 bits per heavy atom. The van der Waals surface area contributed by atoms with Crippen LogP contribution in [-0.4, -0.2) is 10.9 Å². The number of fused-ring (bicyclic) bond motifs is 1. The lowest BCUT2D eigenvalue weighted by Gasteiger charge is -2.27. The third-order valence-electron chi connectivity index (χ3n) is 2.47. The zero-order valence-electron chi connectivity index (χ0n) is 7.76. The Morgan fingerprint density at radius 1 is 1.54 bits per heavy atom. The van der Waals surface area contributed by atoms with E-state index in [1.165, 1.54) is 0 Å². The van der Waals surface area contributed by atoms with E-state index >= 15 is 0 Å². The molecule has 70 valence electrons. The van der Waals surface area contributed by atoms with Crippen LogP contribution in [0.1, 0.15) is 31.5 Å². The molecule has 13 heavy (non-hydrogen) atoms. The molecule has 2 N–H and O–H groups in total. The van der Waals surface area contributed by atoms with Crippen molar-refractivity contribution in [1.29, 1.82) is 0 Å². The molecule has 0 saturated carbocycles. The Labute approximate surface area is 76.1 Å². The van der Waals surface area contributed by atoms with Crippen LogP contribution in [0, 0.1) is 0 Å². The quantitative estimate of drug-likeness (QED) is 0.647. The molecule has 0 atom stereocenters. The van der Waals surface area contributed by atoms with Crippen LogP contribution in [0.3, 0.4) is 0 Å². The molecule has 1 aliphatic carbocycles. The Bertz CT molecular complexity index is 366. The molecule has 0 aromatic carbocycles. The maximum atomic E-state index is 11.3. The molecule has 0 radical (unpaired) electrons. The van der Waals surface area contributed by atoms with Crippen molar-refractivity contribution in [3.63, 3.8) is 0 Å². The van der Waals surface area contributed by atoms with E-state index in [4.69, 9.17) is 10.3 Å². The molecule has 0 fully saturated rings. The summed E-state index contributed by atoms with van der Waals surface area (Å²) in [5, 5.41) is 3.78. The van der Waals surface area contributed by atoms with Crippen LogP contribution >= 0.6 is 0 Å². The molecule has 0 unspecified atom stereocenters. The van der Waals surface area contributed by atoms with Gasteiger partial charge in [0.1, 0.15) is 5.78 Å². The van der Waals surface area contributed by atoms with E-state index in [2.05, 4.69) is 5.16 Å². The first kappa shape index (κ1) is 8.29.